The Labute approximate surface area is 82.0 Å². The minimum Gasteiger partial charge on any atom is -0.478 e. The average molecular weight is 195 g/mol. The highest BCUT2D eigenvalue weighted by Crippen LogP contribution is 2.14. The number of benzene rings is 1. The lowest BCUT2D eigenvalue weighted by molar-refractivity contribution is 0.0697. The average Bonchev–Trinajstić information content (AvgIpc) is 2.16. The van der Waals surface area contributed by atoms with Gasteiger partial charge in [-0.05, 0) is 24.6 Å². The van der Waals surface area contributed by atoms with Crippen LogP contribution >= 0.6 is 0 Å². The van der Waals surface area contributed by atoms with Gasteiger partial charge in [0.05, 0.1) is 17.7 Å². The molecule has 2 atom stereocenters. The van der Waals surface area contributed by atoms with Crippen molar-refractivity contribution in [3.63, 3.8) is 0 Å². The second-order valence-corrected chi connectivity index (χ2v) is 3.19. The molecule has 0 unspecified atom stereocenters. The first kappa shape index (κ1) is 10.7. The number of aliphatic hydroxyl groups excluding tert-OH is 1. The molecule has 0 radical (unpaired) electrons. The van der Waals surface area contributed by atoms with Crippen LogP contribution in [0.5, 0.6) is 0 Å². The predicted molar refractivity (Wildman–Crippen MR) is 52.0 cm³/mol. The minimum absolute atomic E-state index is 0.214. The van der Waals surface area contributed by atoms with Gasteiger partial charge in [0.15, 0.2) is 0 Å². The van der Waals surface area contributed by atoms with Crippen molar-refractivity contribution in [3.8, 4) is 0 Å². The van der Waals surface area contributed by atoms with E-state index >= 15 is 0 Å². The second-order valence-electron chi connectivity index (χ2n) is 3.19. The van der Waals surface area contributed by atoms with E-state index in [1.165, 1.54) is 12.1 Å². The number of nitrogens with two attached hydrogens (primary N) is 1. The van der Waals surface area contributed by atoms with Crippen LogP contribution in [0.4, 0.5) is 0 Å². The molecular weight excluding hydrogens is 182 g/mol. The fourth-order valence-corrected chi connectivity index (χ4v) is 1.13. The summed E-state index contributed by atoms with van der Waals surface area (Å²) in [6.45, 7) is 1.59. The zero-order chi connectivity index (χ0) is 10.7. The lowest BCUT2D eigenvalue weighted by Gasteiger charge is -2.14. The van der Waals surface area contributed by atoms with E-state index in [0.29, 0.717) is 0 Å². The molecule has 0 aliphatic rings. The van der Waals surface area contributed by atoms with Crippen LogP contribution < -0.4 is 5.73 Å². The molecule has 0 saturated carbocycles. The number of aliphatic hydroxyl groups is 1. The Balaban J connectivity index is 2.88. The Kier molecular flexibility index (Phi) is 3.22. The molecule has 1 rings (SSSR count). The molecule has 4 heteroatoms. The van der Waals surface area contributed by atoms with E-state index in [1.54, 1.807) is 19.1 Å². The topological polar surface area (TPSA) is 83.5 Å². The molecule has 0 bridgehead atoms. The third-order valence-electron chi connectivity index (χ3n) is 2.06. The summed E-state index contributed by atoms with van der Waals surface area (Å²) in [5, 5.41) is 17.9. The van der Waals surface area contributed by atoms with Gasteiger partial charge in [0, 0.05) is 0 Å². The number of aromatic carboxylic acids is 1. The van der Waals surface area contributed by atoms with Crippen LogP contribution in [0.3, 0.4) is 0 Å². The van der Waals surface area contributed by atoms with E-state index in [0.717, 1.165) is 5.56 Å². The molecule has 4 nitrogen and oxygen atoms in total. The Morgan fingerprint density at radius 1 is 1.36 bits per heavy atom. The van der Waals surface area contributed by atoms with E-state index in [-0.39, 0.29) is 5.56 Å². The SMILES string of the molecule is C[C@@H](O)[C@@H](N)c1ccc(C(=O)O)cc1. The van der Waals surface area contributed by atoms with E-state index < -0.39 is 18.1 Å². The maximum Gasteiger partial charge on any atom is 0.335 e. The number of hydrogen-bond donors (Lipinski definition) is 3. The lowest BCUT2D eigenvalue weighted by atomic mass is 10.0. The van der Waals surface area contributed by atoms with Gasteiger partial charge >= 0.3 is 5.97 Å². The highest BCUT2D eigenvalue weighted by Gasteiger charge is 2.12. The summed E-state index contributed by atoms with van der Waals surface area (Å²) in [7, 11) is 0. The zero-order valence-electron chi connectivity index (χ0n) is 7.84. The highest BCUT2D eigenvalue weighted by atomic mass is 16.4. The molecule has 1 aromatic rings. The molecule has 0 aromatic heterocycles. The van der Waals surface area contributed by atoms with E-state index in [9.17, 15) is 9.90 Å². The molecule has 0 heterocycles. The Hall–Kier alpha value is -1.39. The van der Waals surface area contributed by atoms with Gasteiger partial charge < -0.3 is 15.9 Å². The summed E-state index contributed by atoms with van der Waals surface area (Å²) in [6.07, 6.45) is -0.648. The zero-order valence-corrected chi connectivity index (χ0v) is 7.84. The summed E-state index contributed by atoms with van der Waals surface area (Å²) >= 11 is 0. The Morgan fingerprint density at radius 3 is 2.21 bits per heavy atom. The summed E-state index contributed by atoms with van der Waals surface area (Å²) in [5.74, 6) is -0.970. The predicted octanol–water partition coefficient (Wildman–Crippen LogP) is 0.765. The minimum atomic E-state index is -0.970. The van der Waals surface area contributed by atoms with Gasteiger partial charge in [-0.1, -0.05) is 12.1 Å². The van der Waals surface area contributed by atoms with Crippen LogP contribution in [0.25, 0.3) is 0 Å². The van der Waals surface area contributed by atoms with Crippen LogP contribution in [-0.2, 0) is 0 Å². The third-order valence-corrected chi connectivity index (χ3v) is 2.06. The van der Waals surface area contributed by atoms with E-state index in [1.807, 2.05) is 0 Å². The van der Waals surface area contributed by atoms with Crippen LogP contribution in [0.2, 0.25) is 0 Å². The number of carboxylic acid groups (broad SMARTS) is 1. The highest BCUT2D eigenvalue weighted by molar-refractivity contribution is 5.87. The molecule has 0 spiro atoms. The van der Waals surface area contributed by atoms with Gasteiger partial charge in [-0.15, -0.1) is 0 Å². The van der Waals surface area contributed by atoms with Crippen molar-refractivity contribution in [2.24, 2.45) is 5.73 Å². The first-order valence-corrected chi connectivity index (χ1v) is 4.29. The Morgan fingerprint density at radius 2 is 1.86 bits per heavy atom. The quantitative estimate of drug-likeness (QED) is 0.665. The smallest absolute Gasteiger partial charge is 0.335 e. The van der Waals surface area contributed by atoms with Crippen molar-refractivity contribution in [2.75, 3.05) is 0 Å². The second kappa shape index (κ2) is 4.21. The summed E-state index contributed by atoms with van der Waals surface area (Å²) in [4.78, 5) is 10.5. The molecule has 0 saturated heterocycles. The number of carboxylic acids is 1. The molecule has 76 valence electrons. The van der Waals surface area contributed by atoms with Crippen molar-refractivity contribution in [1.82, 2.24) is 0 Å². The first-order valence-electron chi connectivity index (χ1n) is 4.29. The van der Waals surface area contributed by atoms with Crippen molar-refractivity contribution >= 4 is 5.97 Å². The number of hydrogen-bond acceptors (Lipinski definition) is 3. The fourth-order valence-electron chi connectivity index (χ4n) is 1.13. The normalized spacial score (nSPS) is 14.8. The first-order chi connectivity index (χ1) is 6.52. The standard InChI is InChI=1S/C10H13NO3/c1-6(12)9(11)7-2-4-8(5-3-7)10(13)14/h2-6,9,12H,11H2,1H3,(H,13,14)/t6-,9-/m1/s1. The van der Waals surface area contributed by atoms with Crippen LogP contribution in [-0.4, -0.2) is 22.3 Å². The summed E-state index contributed by atoms with van der Waals surface area (Å²) < 4.78 is 0. The Bertz CT molecular complexity index is 319. The summed E-state index contributed by atoms with van der Waals surface area (Å²) in [5.41, 5.74) is 6.61. The van der Waals surface area contributed by atoms with Gasteiger partial charge in [-0.2, -0.15) is 0 Å². The van der Waals surface area contributed by atoms with Gasteiger partial charge in [-0.25, -0.2) is 4.79 Å². The third kappa shape index (κ3) is 2.31. The molecule has 4 N–H and O–H groups in total. The number of rotatable bonds is 3. The molecule has 14 heavy (non-hydrogen) atoms. The van der Waals surface area contributed by atoms with E-state index in [4.69, 9.17) is 10.8 Å². The van der Waals surface area contributed by atoms with Crippen LogP contribution in [0.15, 0.2) is 24.3 Å². The van der Waals surface area contributed by atoms with E-state index in [2.05, 4.69) is 0 Å². The number of carbonyl (C=O) groups is 1. The summed E-state index contributed by atoms with van der Waals surface area (Å²) in [6, 6.07) is 5.69. The van der Waals surface area contributed by atoms with Gasteiger partial charge in [-0.3, -0.25) is 0 Å². The molecule has 0 aliphatic heterocycles. The maximum absolute atomic E-state index is 10.5. The molecule has 0 fully saturated rings. The lowest BCUT2D eigenvalue weighted by Crippen LogP contribution is -2.23. The van der Waals surface area contributed by atoms with Crippen molar-refractivity contribution < 1.29 is 15.0 Å². The van der Waals surface area contributed by atoms with Gasteiger partial charge in [0.25, 0.3) is 0 Å². The maximum atomic E-state index is 10.5. The van der Waals surface area contributed by atoms with Crippen LogP contribution in [0, 0.1) is 0 Å². The fraction of sp³-hybridized carbons (Fsp3) is 0.300. The molecule has 1 aromatic carbocycles. The monoisotopic (exact) mass is 195 g/mol. The largest absolute Gasteiger partial charge is 0.478 e. The van der Waals surface area contributed by atoms with Gasteiger partial charge in [0.2, 0.25) is 0 Å². The van der Waals surface area contributed by atoms with Crippen LogP contribution in [0.1, 0.15) is 28.9 Å². The van der Waals surface area contributed by atoms with Crippen molar-refractivity contribution in [1.29, 1.82) is 0 Å². The molecule has 0 aliphatic carbocycles. The molecule has 0 amide bonds. The van der Waals surface area contributed by atoms with Gasteiger partial charge in [0.1, 0.15) is 0 Å². The van der Waals surface area contributed by atoms with Crippen molar-refractivity contribution in [3.05, 3.63) is 35.4 Å². The van der Waals surface area contributed by atoms with Crippen molar-refractivity contribution in [2.45, 2.75) is 19.1 Å². The molecular formula is C10H13NO3.